The second-order valence-corrected chi connectivity index (χ2v) is 13.0. The topological polar surface area (TPSA) is 106 Å². The van der Waals surface area contributed by atoms with E-state index in [1.807, 2.05) is 44.2 Å². The quantitative estimate of drug-likeness (QED) is 0.315. The highest BCUT2D eigenvalue weighted by atomic mass is 32.2. The molecule has 206 valence electrons. The molecule has 3 aromatic rings. The zero-order valence-electron chi connectivity index (χ0n) is 22.3. The number of fused-ring (bicyclic) bond motifs is 1. The molecule has 2 aromatic carbocycles. The summed E-state index contributed by atoms with van der Waals surface area (Å²) in [6.45, 7) is 4.34. The van der Waals surface area contributed by atoms with Crippen molar-refractivity contribution in [3.8, 4) is 16.9 Å². The van der Waals surface area contributed by atoms with Crippen molar-refractivity contribution in [3.05, 3.63) is 76.4 Å². The number of pyridine rings is 1. The van der Waals surface area contributed by atoms with Gasteiger partial charge in [0.15, 0.2) is 0 Å². The van der Waals surface area contributed by atoms with Gasteiger partial charge in [-0.2, -0.15) is 0 Å². The molecule has 1 heterocycles. The van der Waals surface area contributed by atoms with Crippen molar-refractivity contribution in [1.82, 2.24) is 4.98 Å². The van der Waals surface area contributed by atoms with Crippen LogP contribution in [0.2, 0.25) is 0 Å². The van der Waals surface area contributed by atoms with E-state index in [1.165, 1.54) is 12.3 Å². The van der Waals surface area contributed by atoms with Gasteiger partial charge in [0, 0.05) is 23.4 Å². The maximum Gasteiger partial charge on any atom is 0.307 e. The highest BCUT2D eigenvalue weighted by Crippen LogP contribution is 2.47. The van der Waals surface area contributed by atoms with Crippen molar-refractivity contribution in [2.45, 2.75) is 51.5 Å². The summed E-state index contributed by atoms with van der Waals surface area (Å²) in [7, 11) is -3.02. The van der Waals surface area contributed by atoms with Gasteiger partial charge >= 0.3 is 5.97 Å². The number of benzene rings is 2. The molecule has 0 aliphatic heterocycles. The van der Waals surface area contributed by atoms with Crippen molar-refractivity contribution >= 4 is 21.5 Å². The summed E-state index contributed by atoms with van der Waals surface area (Å²) < 4.78 is 43.7. The average Bonchev–Trinajstić information content (AvgIpc) is 3.57. The standard InChI is InChI=1S/C30H33FN2O5S/c1-17-13-20(38-11-4-12-39(3,36)37)14-18(2)28(17)21-6-8-25(31)29-22(21)7-10-27(29)33-19-5-9-26(32-16-19)23-15-24(23)30(34)35/h5-6,8-9,13-14,16,23-24,27,33H,4,7,10-12,15H2,1-3H3,(H,34,35)/t23-,24-,27-/m1/s1. The van der Waals surface area contributed by atoms with Gasteiger partial charge in [-0.05, 0) is 97.7 Å². The normalized spacial score (nSPS) is 19.9. The van der Waals surface area contributed by atoms with Crippen LogP contribution < -0.4 is 10.1 Å². The predicted molar refractivity (Wildman–Crippen MR) is 149 cm³/mol. The molecular formula is C30H33FN2O5S. The number of hydrogen-bond donors (Lipinski definition) is 2. The van der Waals surface area contributed by atoms with E-state index in [9.17, 15) is 13.2 Å². The monoisotopic (exact) mass is 552 g/mol. The molecule has 0 bridgehead atoms. The highest BCUT2D eigenvalue weighted by Gasteiger charge is 2.45. The van der Waals surface area contributed by atoms with Gasteiger partial charge in [-0.3, -0.25) is 9.78 Å². The van der Waals surface area contributed by atoms with Gasteiger partial charge in [0.2, 0.25) is 0 Å². The predicted octanol–water partition coefficient (Wildman–Crippen LogP) is 5.61. The molecule has 9 heteroatoms. The Kier molecular flexibility index (Phi) is 7.37. The van der Waals surface area contributed by atoms with Crippen molar-refractivity contribution in [2.75, 3.05) is 23.9 Å². The van der Waals surface area contributed by atoms with Gasteiger partial charge in [0.25, 0.3) is 0 Å². The van der Waals surface area contributed by atoms with Crippen LogP contribution in [-0.2, 0) is 21.1 Å². The maximum atomic E-state index is 15.2. The zero-order chi connectivity index (χ0) is 27.9. The third-order valence-corrected chi connectivity index (χ3v) is 8.68. The van der Waals surface area contributed by atoms with E-state index >= 15 is 4.39 Å². The minimum atomic E-state index is -3.02. The Morgan fingerprint density at radius 3 is 2.54 bits per heavy atom. The maximum absolute atomic E-state index is 15.2. The molecule has 0 spiro atoms. The molecule has 5 rings (SSSR count). The lowest BCUT2D eigenvalue weighted by Gasteiger charge is -2.19. The van der Waals surface area contributed by atoms with Crippen molar-refractivity contribution in [3.63, 3.8) is 0 Å². The van der Waals surface area contributed by atoms with Crippen LogP contribution in [0.3, 0.4) is 0 Å². The fourth-order valence-electron chi connectivity index (χ4n) is 5.74. The molecule has 2 N–H and O–H groups in total. The van der Waals surface area contributed by atoms with Gasteiger partial charge in [0.1, 0.15) is 21.4 Å². The molecule has 2 aliphatic carbocycles. The largest absolute Gasteiger partial charge is 0.494 e. The Morgan fingerprint density at radius 1 is 1.18 bits per heavy atom. The van der Waals surface area contributed by atoms with Gasteiger partial charge in [-0.15, -0.1) is 0 Å². The highest BCUT2D eigenvalue weighted by molar-refractivity contribution is 7.90. The molecule has 1 fully saturated rings. The molecule has 0 radical (unpaired) electrons. The first-order chi connectivity index (χ1) is 18.5. The van der Waals surface area contributed by atoms with Crippen LogP contribution in [0.15, 0.2) is 42.6 Å². The number of nitrogens with zero attached hydrogens (tertiary/aromatic N) is 1. The van der Waals surface area contributed by atoms with Crippen LogP contribution in [0.25, 0.3) is 11.1 Å². The molecule has 1 aromatic heterocycles. The molecule has 0 amide bonds. The number of halogens is 1. The van der Waals surface area contributed by atoms with E-state index in [4.69, 9.17) is 9.84 Å². The van der Waals surface area contributed by atoms with Gasteiger partial charge in [-0.25, -0.2) is 12.8 Å². The van der Waals surface area contributed by atoms with Gasteiger partial charge in [0.05, 0.1) is 36.2 Å². The summed E-state index contributed by atoms with van der Waals surface area (Å²) in [4.78, 5) is 15.6. The SMILES string of the molecule is Cc1cc(OCCCS(C)(=O)=O)cc(C)c1-c1ccc(F)c2c1CC[C@H]2Nc1ccc([C@@H]2C[C@H]2C(=O)O)nc1. The first-order valence-electron chi connectivity index (χ1n) is 13.2. The summed E-state index contributed by atoms with van der Waals surface area (Å²) in [5, 5.41) is 12.6. The molecule has 0 saturated heterocycles. The van der Waals surface area contributed by atoms with Crippen molar-refractivity contribution in [2.24, 2.45) is 5.92 Å². The zero-order valence-corrected chi connectivity index (χ0v) is 23.1. The Morgan fingerprint density at radius 2 is 1.92 bits per heavy atom. The Balaban J connectivity index is 1.33. The van der Waals surface area contributed by atoms with Gasteiger partial charge in [-0.1, -0.05) is 6.07 Å². The van der Waals surface area contributed by atoms with Crippen molar-refractivity contribution in [1.29, 1.82) is 0 Å². The summed E-state index contributed by atoms with van der Waals surface area (Å²) in [6.07, 6.45) is 5.45. The van der Waals surface area contributed by atoms with Crippen LogP contribution in [0, 0.1) is 25.6 Å². The first kappa shape index (κ1) is 27.1. The van der Waals surface area contributed by atoms with Crippen LogP contribution in [0.5, 0.6) is 5.75 Å². The lowest BCUT2D eigenvalue weighted by Crippen LogP contribution is -2.10. The van der Waals surface area contributed by atoms with Crippen LogP contribution in [-0.4, -0.2) is 43.1 Å². The van der Waals surface area contributed by atoms with Crippen LogP contribution in [0.4, 0.5) is 10.1 Å². The number of sulfone groups is 1. The molecule has 7 nitrogen and oxygen atoms in total. The summed E-state index contributed by atoms with van der Waals surface area (Å²) >= 11 is 0. The van der Waals surface area contributed by atoms with Crippen LogP contribution >= 0.6 is 0 Å². The number of aliphatic carboxylic acids is 1. The molecule has 0 unspecified atom stereocenters. The first-order valence-corrected chi connectivity index (χ1v) is 15.3. The lowest BCUT2D eigenvalue weighted by molar-refractivity contribution is -0.138. The summed E-state index contributed by atoms with van der Waals surface area (Å²) in [5.41, 5.74) is 7.31. The number of rotatable bonds is 10. The number of carboxylic acid groups (broad SMARTS) is 1. The fraction of sp³-hybridized carbons (Fsp3) is 0.400. The second kappa shape index (κ2) is 10.6. The average molecular weight is 553 g/mol. The number of hydrogen-bond acceptors (Lipinski definition) is 6. The molecule has 1 saturated carbocycles. The number of nitrogens with one attached hydrogen (secondary N) is 1. The number of carbonyl (C=O) groups is 1. The Bertz CT molecular complexity index is 1500. The van der Waals surface area contributed by atoms with Crippen LogP contribution in [0.1, 0.15) is 59.2 Å². The Hall–Kier alpha value is -3.46. The van der Waals surface area contributed by atoms with E-state index in [-0.39, 0.29) is 29.4 Å². The number of aryl methyl sites for hydroxylation is 2. The third kappa shape index (κ3) is 5.93. The molecule has 3 atom stereocenters. The summed E-state index contributed by atoms with van der Waals surface area (Å²) in [5.74, 6) is -0.618. The van der Waals surface area contributed by atoms with Crippen molar-refractivity contribution < 1.29 is 27.4 Å². The summed E-state index contributed by atoms with van der Waals surface area (Å²) in [6, 6.07) is 10.8. The molecular weight excluding hydrogens is 519 g/mol. The fourth-order valence-corrected chi connectivity index (χ4v) is 6.39. The molecule has 39 heavy (non-hydrogen) atoms. The number of aromatic nitrogens is 1. The van der Waals surface area contributed by atoms with E-state index in [2.05, 4.69) is 10.3 Å². The molecule has 2 aliphatic rings. The van der Waals surface area contributed by atoms with E-state index in [1.54, 1.807) is 6.20 Å². The van der Waals surface area contributed by atoms with E-state index < -0.39 is 15.8 Å². The van der Waals surface area contributed by atoms with Gasteiger partial charge < -0.3 is 15.2 Å². The second-order valence-electron chi connectivity index (χ2n) is 10.7. The lowest BCUT2D eigenvalue weighted by atomic mass is 9.90. The van der Waals surface area contributed by atoms with E-state index in [0.29, 0.717) is 30.8 Å². The minimum Gasteiger partial charge on any atom is -0.494 e. The number of anilines is 1. The minimum absolute atomic E-state index is 0.0282. The number of carboxylic acids is 1. The third-order valence-electron chi connectivity index (χ3n) is 7.65. The smallest absolute Gasteiger partial charge is 0.307 e. The Labute approximate surface area is 228 Å². The number of ether oxygens (including phenoxy) is 1. The van der Waals surface area contributed by atoms with E-state index in [0.717, 1.165) is 52.0 Å².